The van der Waals surface area contributed by atoms with E-state index in [2.05, 4.69) is 20.1 Å². The normalized spacial score (nSPS) is 18.3. The second kappa shape index (κ2) is 15.3. The van der Waals surface area contributed by atoms with E-state index in [0.29, 0.717) is 49.8 Å². The lowest BCUT2D eigenvalue weighted by Crippen LogP contribution is -2.54. The Morgan fingerprint density at radius 2 is 1.52 bits per heavy atom. The number of halogens is 1. The molecule has 0 radical (unpaired) electrons. The molecule has 3 fully saturated rings. The van der Waals surface area contributed by atoms with Crippen molar-refractivity contribution in [1.82, 2.24) is 29.9 Å². The van der Waals surface area contributed by atoms with Crippen LogP contribution in [0, 0.1) is 18.8 Å². The summed E-state index contributed by atoms with van der Waals surface area (Å²) < 4.78 is 11.6. The third-order valence-corrected chi connectivity index (χ3v) is 9.93. The van der Waals surface area contributed by atoms with Gasteiger partial charge in [0, 0.05) is 82.5 Å². The van der Waals surface area contributed by atoms with E-state index in [4.69, 9.17) is 21.1 Å². The third kappa shape index (κ3) is 7.98. The van der Waals surface area contributed by atoms with Crippen LogP contribution in [0.1, 0.15) is 43.4 Å². The molecule has 5 heterocycles. The SMILES string of the molecule is Cc1nnc(Cl)c2cc(N3CCN(C(=O)N4CCC(CCOCC5CCN(C(=O)OCc6ccccc6)CC5)CC4)CC3)ncc12. The zero-order chi connectivity index (χ0) is 31.9. The summed E-state index contributed by atoms with van der Waals surface area (Å²) in [6.07, 6.45) is 6.52. The lowest BCUT2D eigenvalue weighted by Gasteiger charge is -2.40. The van der Waals surface area contributed by atoms with E-state index in [9.17, 15) is 9.59 Å². The van der Waals surface area contributed by atoms with Crippen molar-refractivity contribution >= 4 is 40.3 Å². The molecule has 0 atom stereocenters. The molecule has 2 aromatic heterocycles. The average molecular weight is 650 g/mol. The van der Waals surface area contributed by atoms with Crippen LogP contribution >= 0.6 is 11.6 Å². The van der Waals surface area contributed by atoms with Crippen LogP contribution in [0.2, 0.25) is 5.15 Å². The van der Waals surface area contributed by atoms with Crippen molar-refractivity contribution in [3.63, 3.8) is 0 Å². The number of piperidine rings is 2. The van der Waals surface area contributed by atoms with E-state index in [1.54, 1.807) is 0 Å². The monoisotopic (exact) mass is 649 g/mol. The molecule has 0 N–H and O–H groups in total. The standard InChI is InChI=1S/C34H44ClN7O4/c1-25-30-22-36-31(21-29(30)32(35)38-37-25)39-16-18-41(19-17-39)33(43)40-12-7-26(8-13-40)11-20-45-23-28-9-14-42(15-10-28)34(44)46-24-27-5-3-2-4-6-27/h2-6,21-22,26,28H,7-20,23-24H2,1H3. The fourth-order valence-corrected chi connectivity index (χ4v) is 6.83. The Kier molecular flexibility index (Phi) is 10.7. The highest BCUT2D eigenvalue weighted by molar-refractivity contribution is 6.34. The number of carbonyl (C=O) groups excluding carboxylic acids is 2. The maximum atomic E-state index is 13.3. The Morgan fingerprint density at radius 3 is 2.26 bits per heavy atom. The van der Waals surface area contributed by atoms with Gasteiger partial charge in [0.2, 0.25) is 0 Å². The quantitative estimate of drug-likeness (QED) is 0.299. The molecule has 0 unspecified atom stereocenters. The Balaban J connectivity index is 0.840. The van der Waals surface area contributed by atoms with Gasteiger partial charge in [0.1, 0.15) is 12.4 Å². The van der Waals surface area contributed by atoms with Gasteiger partial charge >= 0.3 is 12.1 Å². The Morgan fingerprint density at radius 1 is 0.848 bits per heavy atom. The lowest BCUT2D eigenvalue weighted by atomic mass is 9.94. The molecule has 0 spiro atoms. The number of hydrogen-bond acceptors (Lipinski definition) is 8. The Bertz CT molecular complexity index is 1470. The number of piperazine rings is 1. The van der Waals surface area contributed by atoms with E-state index >= 15 is 0 Å². The van der Waals surface area contributed by atoms with Crippen molar-refractivity contribution in [1.29, 1.82) is 0 Å². The number of amides is 3. The number of aryl methyl sites for hydroxylation is 1. The first-order valence-corrected chi connectivity index (χ1v) is 16.9. The fraction of sp³-hybridized carbons (Fsp3) is 0.559. The number of nitrogens with zero attached hydrogens (tertiary/aromatic N) is 7. The van der Waals surface area contributed by atoms with Gasteiger partial charge in [-0.3, -0.25) is 0 Å². The first kappa shape index (κ1) is 32.2. The van der Waals surface area contributed by atoms with Crippen LogP contribution in [0.5, 0.6) is 0 Å². The number of rotatable bonds is 8. The average Bonchev–Trinajstić information content (AvgIpc) is 3.11. The highest BCUT2D eigenvalue weighted by Crippen LogP contribution is 2.27. The van der Waals surface area contributed by atoms with Gasteiger partial charge in [-0.05, 0) is 62.5 Å². The zero-order valence-corrected chi connectivity index (χ0v) is 27.4. The van der Waals surface area contributed by atoms with Gasteiger partial charge in [-0.2, -0.15) is 5.10 Å². The smallest absolute Gasteiger partial charge is 0.410 e. The summed E-state index contributed by atoms with van der Waals surface area (Å²) in [6.45, 7) is 9.52. The van der Waals surface area contributed by atoms with Gasteiger partial charge < -0.3 is 29.1 Å². The summed E-state index contributed by atoms with van der Waals surface area (Å²) in [4.78, 5) is 38.3. The first-order chi connectivity index (χ1) is 22.4. The number of aromatic nitrogens is 3. The van der Waals surface area contributed by atoms with Crippen LogP contribution in [0.15, 0.2) is 42.6 Å². The summed E-state index contributed by atoms with van der Waals surface area (Å²) in [5.74, 6) is 1.91. The van der Waals surface area contributed by atoms with Gasteiger partial charge in [-0.1, -0.05) is 41.9 Å². The number of anilines is 1. The molecule has 6 rings (SSSR count). The van der Waals surface area contributed by atoms with Gasteiger partial charge in [0.15, 0.2) is 5.15 Å². The molecule has 1 aromatic carbocycles. The number of likely N-dealkylation sites (tertiary alicyclic amines) is 2. The summed E-state index contributed by atoms with van der Waals surface area (Å²) in [7, 11) is 0. The first-order valence-electron chi connectivity index (χ1n) is 16.6. The molecule has 3 aromatic rings. The maximum Gasteiger partial charge on any atom is 0.410 e. The molecule has 246 valence electrons. The van der Waals surface area contributed by atoms with Gasteiger partial charge in [-0.15, -0.1) is 5.10 Å². The Labute approximate surface area is 275 Å². The van der Waals surface area contributed by atoms with E-state index in [1.165, 1.54) is 0 Å². The van der Waals surface area contributed by atoms with Crippen molar-refractivity contribution < 1.29 is 19.1 Å². The minimum Gasteiger partial charge on any atom is -0.445 e. The van der Waals surface area contributed by atoms with Gasteiger partial charge in [-0.25, -0.2) is 14.6 Å². The second-order valence-corrected chi connectivity index (χ2v) is 13.0. The number of ether oxygens (including phenoxy) is 2. The molecule has 3 amide bonds. The third-order valence-electron chi connectivity index (χ3n) is 9.65. The van der Waals surface area contributed by atoms with Crippen LogP contribution < -0.4 is 4.90 Å². The summed E-state index contributed by atoms with van der Waals surface area (Å²) in [5.41, 5.74) is 1.80. The van der Waals surface area contributed by atoms with Crippen molar-refractivity contribution in [3.05, 3.63) is 59.0 Å². The molecule has 0 saturated carbocycles. The van der Waals surface area contributed by atoms with Crippen LogP contribution in [-0.4, -0.2) is 108 Å². The molecule has 46 heavy (non-hydrogen) atoms. The molecule has 12 heteroatoms. The Hall–Kier alpha value is -3.70. The van der Waals surface area contributed by atoms with Gasteiger partial charge in [0.05, 0.1) is 5.69 Å². The molecular formula is C34H44ClN7O4. The number of carbonyl (C=O) groups is 2. The number of hydrogen-bond donors (Lipinski definition) is 0. The van der Waals surface area contributed by atoms with E-state index < -0.39 is 0 Å². The van der Waals surface area contributed by atoms with E-state index in [-0.39, 0.29) is 12.1 Å². The molecule has 3 aliphatic rings. The summed E-state index contributed by atoms with van der Waals surface area (Å²) in [5, 5.41) is 10.2. The number of fused-ring (bicyclic) bond motifs is 1. The zero-order valence-electron chi connectivity index (χ0n) is 26.7. The summed E-state index contributed by atoms with van der Waals surface area (Å²) >= 11 is 6.30. The van der Waals surface area contributed by atoms with Crippen LogP contribution in [0.3, 0.4) is 0 Å². The van der Waals surface area contributed by atoms with E-state index in [0.717, 1.165) is 99.3 Å². The summed E-state index contributed by atoms with van der Waals surface area (Å²) in [6, 6.07) is 11.9. The van der Waals surface area contributed by atoms with Crippen molar-refractivity contribution in [3.8, 4) is 0 Å². The van der Waals surface area contributed by atoms with Crippen LogP contribution in [-0.2, 0) is 16.1 Å². The fourth-order valence-electron chi connectivity index (χ4n) is 6.64. The molecule has 0 bridgehead atoms. The van der Waals surface area contributed by atoms with Crippen molar-refractivity contribution in [2.75, 3.05) is 70.5 Å². The molecule has 3 saturated heterocycles. The lowest BCUT2D eigenvalue weighted by molar-refractivity contribution is 0.0454. The molecule has 3 aliphatic heterocycles. The minimum atomic E-state index is -0.231. The number of pyridine rings is 1. The maximum absolute atomic E-state index is 13.3. The van der Waals surface area contributed by atoms with Crippen LogP contribution in [0.25, 0.3) is 10.8 Å². The van der Waals surface area contributed by atoms with Gasteiger partial charge in [0.25, 0.3) is 0 Å². The molecule has 11 nitrogen and oxygen atoms in total. The van der Waals surface area contributed by atoms with Crippen molar-refractivity contribution in [2.45, 2.75) is 45.6 Å². The molecular weight excluding hydrogens is 606 g/mol. The predicted molar refractivity (Wildman–Crippen MR) is 177 cm³/mol. The minimum absolute atomic E-state index is 0.144. The largest absolute Gasteiger partial charge is 0.445 e. The number of benzene rings is 1. The topological polar surface area (TPSA) is 104 Å². The molecule has 0 aliphatic carbocycles. The highest BCUT2D eigenvalue weighted by atomic mass is 35.5. The predicted octanol–water partition coefficient (Wildman–Crippen LogP) is 5.40. The highest BCUT2D eigenvalue weighted by Gasteiger charge is 2.29. The van der Waals surface area contributed by atoms with E-state index in [1.807, 2.05) is 64.2 Å². The van der Waals surface area contributed by atoms with Crippen LogP contribution in [0.4, 0.5) is 15.4 Å². The number of urea groups is 1. The van der Waals surface area contributed by atoms with Crippen molar-refractivity contribution in [2.24, 2.45) is 11.8 Å². The second-order valence-electron chi connectivity index (χ2n) is 12.7.